The highest BCUT2D eigenvalue weighted by molar-refractivity contribution is 5.85. The monoisotopic (exact) mass is 231 g/mol. The molecule has 0 amide bonds. The van der Waals surface area contributed by atoms with Crippen LogP contribution in [0.15, 0.2) is 0 Å². The maximum Gasteiger partial charge on any atom is 0.311 e. The number of carbonyl (C=O) groups is 1. The van der Waals surface area contributed by atoms with E-state index < -0.39 is 11.4 Å². The topological polar surface area (TPSA) is 63.3 Å². The summed E-state index contributed by atoms with van der Waals surface area (Å²) in [5.41, 5.74) is 5.58. The standard InChI is InChI=1S/C11H17NO2.ClH/c12-9-8-2-6-1-7(3-8)5-11(9,4-6)10(13)14;/h6-9H,1-5,12H2,(H,13,14);1H. The second kappa shape index (κ2) is 3.36. The van der Waals surface area contributed by atoms with Crippen LogP contribution < -0.4 is 5.73 Å². The average molecular weight is 232 g/mol. The zero-order valence-electron chi connectivity index (χ0n) is 8.69. The molecular weight excluding hydrogens is 214 g/mol. The summed E-state index contributed by atoms with van der Waals surface area (Å²) in [7, 11) is 0. The molecule has 4 fully saturated rings. The molecule has 0 aliphatic heterocycles. The van der Waals surface area contributed by atoms with E-state index in [0.29, 0.717) is 17.8 Å². The van der Waals surface area contributed by atoms with E-state index in [4.69, 9.17) is 5.73 Å². The van der Waals surface area contributed by atoms with Gasteiger partial charge in [0.2, 0.25) is 0 Å². The van der Waals surface area contributed by atoms with Crippen LogP contribution in [0.3, 0.4) is 0 Å². The van der Waals surface area contributed by atoms with Crippen molar-refractivity contribution in [3.8, 4) is 0 Å². The molecule has 4 aliphatic rings. The summed E-state index contributed by atoms with van der Waals surface area (Å²) < 4.78 is 0. The summed E-state index contributed by atoms with van der Waals surface area (Å²) in [6.45, 7) is 0. The first-order valence-electron chi connectivity index (χ1n) is 5.61. The molecule has 86 valence electrons. The first kappa shape index (κ1) is 11.2. The fourth-order valence-corrected chi connectivity index (χ4v) is 4.40. The molecule has 0 saturated heterocycles. The summed E-state index contributed by atoms with van der Waals surface area (Å²) in [6.07, 6.45) is 5.32. The molecule has 3 unspecified atom stereocenters. The summed E-state index contributed by atoms with van der Waals surface area (Å²) in [5, 5.41) is 9.37. The van der Waals surface area contributed by atoms with Gasteiger partial charge in [-0.05, 0) is 49.9 Å². The Labute approximate surface area is 95.8 Å². The van der Waals surface area contributed by atoms with Gasteiger partial charge < -0.3 is 10.8 Å². The molecular formula is C11H18ClNO2. The molecule has 3 N–H and O–H groups in total. The van der Waals surface area contributed by atoms with Gasteiger partial charge in [-0.2, -0.15) is 0 Å². The predicted molar refractivity (Wildman–Crippen MR) is 58.8 cm³/mol. The molecule has 0 heterocycles. The molecule has 0 spiro atoms. The van der Waals surface area contributed by atoms with Crippen molar-refractivity contribution in [3.63, 3.8) is 0 Å². The van der Waals surface area contributed by atoms with Crippen LogP contribution in [0.4, 0.5) is 0 Å². The van der Waals surface area contributed by atoms with Crippen molar-refractivity contribution in [1.29, 1.82) is 0 Å². The molecule has 3 atom stereocenters. The van der Waals surface area contributed by atoms with Crippen LogP contribution in [0, 0.1) is 23.2 Å². The molecule has 3 nitrogen and oxygen atoms in total. The van der Waals surface area contributed by atoms with E-state index in [1.807, 2.05) is 0 Å². The third-order valence-electron chi connectivity index (χ3n) is 4.82. The van der Waals surface area contributed by atoms with Gasteiger partial charge in [-0.3, -0.25) is 4.79 Å². The Hall–Kier alpha value is -0.280. The second-order valence-corrected chi connectivity index (χ2v) is 5.59. The van der Waals surface area contributed by atoms with Crippen LogP contribution in [0.1, 0.15) is 32.1 Å². The molecule has 4 aliphatic carbocycles. The molecule has 4 saturated carbocycles. The van der Waals surface area contributed by atoms with Crippen molar-refractivity contribution in [1.82, 2.24) is 0 Å². The number of aliphatic carboxylic acids is 1. The van der Waals surface area contributed by atoms with E-state index in [1.54, 1.807) is 0 Å². The lowest BCUT2D eigenvalue weighted by Gasteiger charge is -2.58. The summed E-state index contributed by atoms with van der Waals surface area (Å²) >= 11 is 0. The summed E-state index contributed by atoms with van der Waals surface area (Å²) in [5.74, 6) is 1.17. The number of carboxylic acids is 1. The van der Waals surface area contributed by atoms with E-state index in [9.17, 15) is 9.90 Å². The van der Waals surface area contributed by atoms with Crippen molar-refractivity contribution in [2.75, 3.05) is 0 Å². The van der Waals surface area contributed by atoms with E-state index in [1.165, 1.54) is 19.3 Å². The fraction of sp³-hybridized carbons (Fsp3) is 0.909. The Morgan fingerprint density at radius 2 is 1.73 bits per heavy atom. The lowest BCUT2D eigenvalue weighted by molar-refractivity contribution is -0.168. The highest BCUT2D eigenvalue weighted by atomic mass is 35.5. The fourth-order valence-electron chi connectivity index (χ4n) is 4.40. The van der Waals surface area contributed by atoms with Crippen molar-refractivity contribution in [2.45, 2.75) is 38.1 Å². The first-order chi connectivity index (χ1) is 6.62. The van der Waals surface area contributed by atoms with Crippen LogP contribution in [-0.4, -0.2) is 17.1 Å². The van der Waals surface area contributed by atoms with Crippen molar-refractivity contribution in [2.24, 2.45) is 28.9 Å². The molecule has 0 aromatic heterocycles. The Kier molecular flexibility index (Phi) is 2.51. The molecule has 0 aromatic carbocycles. The molecule has 4 heteroatoms. The van der Waals surface area contributed by atoms with Gasteiger partial charge >= 0.3 is 5.97 Å². The highest BCUT2D eigenvalue weighted by Crippen LogP contribution is 2.59. The van der Waals surface area contributed by atoms with Crippen LogP contribution in [0.2, 0.25) is 0 Å². The Morgan fingerprint density at radius 1 is 1.20 bits per heavy atom. The van der Waals surface area contributed by atoms with Crippen LogP contribution >= 0.6 is 12.4 Å². The first-order valence-corrected chi connectivity index (χ1v) is 5.61. The molecule has 0 aromatic rings. The summed E-state index contributed by atoms with van der Waals surface area (Å²) in [4.78, 5) is 11.4. The number of halogens is 1. The maximum absolute atomic E-state index is 11.4. The lowest BCUT2D eigenvalue weighted by Crippen LogP contribution is -2.62. The van der Waals surface area contributed by atoms with Gasteiger partial charge in [0.25, 0.3) is 0 Å². The third-order valence-corrected chi connectivity index (χ3v) is 4.82. The molecule has 15 heavy (non-hydrogen) atoms. The molecule has 4 bridgehead atoms. The SMILES string of the molecule is Cl.NC1C2CC3CC(C2)CC1(C(=O)O)C3. The van der Waals surface area contributed by atoms with Crippen LogP contribution in [-0.2, 0) is 4.79 Å². The zero-order chi connectivity index (χ0) is 9.92. The summed E-state index contributed by atoms with van der Waals surface area (Å²) in [6, 6.07) is -0.0761. The largest absolute Gasteiger partial charge is 0.481 e. The van der Waals surface area contributed by atoms with Gasteiger partial charge in [-0.25, -0.2) is 0 Å². The van der Waals surface area contributed by atoms with Gasteiger partial charge in [0, 0.05) is 6.04 Å². The number of rotatable bonds is 1. The Balaban J connectivity index is 0.000000853. The second-order valence-electron chi connectivity index (χ2n) is 5.59. The zero-order valence-corrected chi connectivity index (χ0v) is 9.50. The van der Waals surface area contributed by atoms with Crippen LogP contribution in [0.25, 0.3) is 0 Å². The van der Waals surface area contributed by atoms with Gasteiger partial charge in [0.05, 0.1) is 5.41 Å². The van der Waals surface area contributed by atoms with Gasteiger partial charge in [0.1, 0.15) is 0 Å². The van der Waals surface area contributed by atoms with Crippen molar-refractivity contribution >= 4 is 18.4 Å². The quantitative estimate of drug-likeness (QED) is 0.721. The van der Waals surface area contributed by atoms with Crippen molar-refractivity contribution < 1.29 is 9.90 Å². The van der Waals surface area contributed by atoms with Crippen LogP contribution in [0.5, 0.6) is 0 Å². The minimum Gasteiger partial charge on any atom is -0.481 e. The van der Waals surface area contributed by atoms with Gasteiger partial charge in [0.15, 0.2) is 0 Å². The van der Waals surface area contributed by atoms with E-state index >= 15 is 0 Å². The number of carboxylic acid groups (broad SMARTS) is 1. The number of hydrogen-bond acceptors (Lipinski definition) is 2. The minimum absolute atomic E-state index is 0. The predicted octanol–water partition coefficient (Wildman–Crippen LogP) is 1.65. The number of hydrogen-bond donors (Lipinski definition) is 2. The highest BCUT2D eigenvalue weighted by Gasteiger charge is 2.59. The molecule has 4 rings (SSSR count). The van der Waals surface area contributed by atoms with E-state index in [2.05, 4.69) is 0 Å². The Morgan fingerprint density at radius 3 is 2.20 bits per heavy atom. The molecule has 0 radical (unpaired) electrons. The minimum atomic E-state index is -0.635. The average Bonchev–Trinajstić information content (AvgIpc) is 2.12. The van der Waals surface area contributed by atoms with E-state index in [-0.39, 0.29) is 18.4 Å². The Bertz CT molecular complexity index is 280. The lowest BCUT2D eigenvalue weighted by atomic mass is 9.47. The maximum atomic E-state index is 11.4. The van der Waals surface area contributed by atoms with Crippen molar-refractivity contribution in [3.05, 3.63) is 0 Å². The number of nitrogens with two attached hydrogens (primary N) is 1. The van der Waals surface area contributed by atoms with Gasteiger partial charge in [-0.15, -0.1) is 12.4 Å². The van der Waals surface area contributed by atoms with Gasteiger partial charge in [-0.1, -0.05) is 0 Å². The third kappa shape index (κ3) is 1.32. The normalized spacial score (nSPS) is 51.3. The van der Waals surface area contributed by atoms with E-state index in [0.717, 1.165) is 12.8 Å². The smallest absolute Gasteiger partial charge is 0.311 e.